The summed E-state index contributed by atoms with van der Waals surface area (Å²) in [5.74, 6) is -1.15. The van der Waals surface area contributed by atoms with Crippen LogP contribution in [-0.4, -0.2) is 63.8 Å². The third kappa shape index (κ3) is 3.30. The van der Waals surface area contributed by atoms with Crippen molar-refractivity contribution in [1.29, 1.82) is 5.26 Å². The van der Waals surface area contributed by atoms with Crippen LogP contribution in [0.4, 0.5) is 8.78 Å². The molecule has 2 amide bonds. The molecule has 0 aromatic heterocycles. The first-order valence-electron chi connectivity index (χ1n) is 11.0. The topological polar surface area (TPSA) is 67.7 Å². The highest BCUT2D eigenvalue weighted by atomic mass is 19.1. The van der Waals surface area contributed by atoms with Gasteiger partial charge in [0.15, 0.2) is 0 Å². The second-order valence-electron chi connectivity index (χ2n) is 9.57. The molecule has 31 heavy (non-hydrogen) atoms. The van der Waals surface area contributed by atoms with E-state index in [4.69, 9.17) is 0 Å². The molecule has 0 spiro atoms. The Balaban J connectivity index is 1.24. The van der Waals surface area contributed by atoms with Crippen LogP contribution in [-0.2, 0) is 9.59 Å². The van der Waals surface area contributed by atoms with Gasteiger partial charge in [-0.05, 0) is 49.8 Å². The SMILES string of the molecule is C[C@H](c1cc(F)cc(F)c1)N1C(=O)[C@H]2CC1CN2C[C@H](C)C(=O)N1C2C[C@H]2C[C@H]1C#N. The van der Waals surface area contributed by atoms with Crippen LogP contribution in [0.2, 0.25) is 0 Å². The first-order valence-corrected chi connectivity index (χ1v) is 11.0. The smallest absolute Gasteiger partial charge is 0.240 e. The van der Waals surface area contributed by atoms with E-state index in [0.717, 1.165) is 18.9 Å². The van der Waals surface area contributed by atoms with Gasteiger partial charge in [-0.2, -0.15) is 5.26 Å². The number of carbonyl (C=O) groups is 2. The summed E-state index contributed by atoms with van der Waals surface area (Å²) in [4.78, 5) is 31.7. The largest absolute Gasteiger partial charge is 0.330 e. The molecule has 3 aliphatic heterocycles. The van der Waals surface area contributed by atoms with Gasteiger partial charge in [0.05, 0.1) is 18.2 Å². The molecule has 3 saturated heterocycles. The maximum atomic E-state index is 13.6. The number of rotatable bonds is 5. The van der Waals surface area contributed by atoms with Crippen LogP contribution >= 0.6 is 0 Å². The number of amides is 2. The van der Waals surface area contributed by atoms with Gasteiger partial charge in [-0.1, -0.05) is 6.92 Å². The fourth-order valence-corrected chi connectivity index (χ4v) is 5.95. The molecule has 1 aromatic carbocycles. The lowest BCUT2D eigenvalue weighted by atomic mass is 10.0. The van der Waals surface area contributed by atoms with E-state index in [1.165, 1.54) is 12.1 Å². The first kappa shape index (κ1) is 20.4. The van der Waals surface area contributed by atoms with Crippen LogP contribution in [0.1, 0.15) is 44.7 Å². The molecule has 4 fully saturated rings. The summed E-state index contributed by atoms with van der Waals surface area (Å²) in [6.07, 6.45) is 2.44. The van der Waals surface area contributed by atoms with Gasteiger partial charge in [0.1, 0.15) is 17.7 Å². The highest BCUT2D eigenvalue weighted by Gasteiger charge is 2.55. The van der Waals surface area contributed by atoms with Crippen LogP contribution < -0.4 is 0 Å². The van der Waals surface area contributed by atoms with E-state index >= 15 is 0 Å². The minimum atomic E-state index is -0.650. The molecule has 7 atom stereocenters. The predicted octanol–water partition coefficient (Wildman–Crippen LogP) is 2.46. The number of likely N-dealkylation sites (tertiary alicyclic amines) is 3. The zero-order valence-electron chi connectivity index (χ0n) is 17.7. The predicted molar refractivity (Wildman–Crippen MR) is 107 cm³/mol. The number of hydrogen-bond acceptors (Lipinski definition) is 4. The highest BCUT2D eigenvalue weighted by molar-refractivity contribution is 5.86. The number of benzene rings is 1. The van der Waals surface area contributed by atoms with Gasteiger partial charge >= 0.3 is 0 Å². The lowest BCUT2D eigenvalue weighted by Gasteiger charge is -2.38. The second kappa shape index (κ2) is 7.27. The van der Waals surface area contributed by atoms with Crippen molar-refractivity contribution >= 4 is 11.8 Å². The van der Waals surface area contributed by atoms with E-state index in [2.05, 4.69) is 11.0 Å². The van der Waals surface area contributed by atoms with Gasteiger partial charge in [-0.3, -0.25) is 14.5 Å². The summed E-state index contributed by atoms with van der Waals surface area (Å²) in [6, 6.07) is 4.78. The van der Waals surface area contributed by atoms with Crippen molar-refractivity contribution in [3.8, 4) is 6.07 Å². The van der Waals surface area contributed by atoms with Gasteiger partial charge < -0.3 is 9.80 Å². The summed E-state index contributed by atoms with van der Waals surface area (Å²) < 4.78 is 27.3. The summed E-state index contributed by atoms with van der Waals surface area (Å²) in [5.41, 5.74) is 0.448. The standard InChI is InChI=1S/C23H26F2N4O2/c1-12(22(30)29-18(9-26)5-15-6-20(15)29)10-27-11-19-8-21(27)23(31)28(19)13(2)14-3-16(24)7-17(25)4-14/h3-4,7,12-13,15,18-21H,5-6,8,10-11H2,1-2H3/t12-,13+,15+,18-,19?,20?,21+/m0/s1. The molecular formula is C23H26F2N4O2. The molecule has 6 nitrogen and oxygen atoms in total. The van der Waals surface area contributed by atoms with E-state index in [9.17, 15) is 23.6 Å². The quantitative estimate of drug-likeness (QED) is 0.723. The molecule has 2 bridgehead atoms. The maximum Gasteiger partial charge on any atom is 0.240 e. The average Bonchev–Trinajstić information content (AvgIpc) is 3.05. The van der Waals surface area contributed by atoms with Crippen LogP contribution in [0, 0.1) is 34.8 Å². The normalized spacial score (nSPS) is 33.4. The van der Waals surface area contributed by atoms with Crippen LogP contribution in [0.25, 0.3) is 0 Å². The average molecular weight is 428 g/mol. The number of halogens is 2. The molecule has 164 valence electrons. The zero-order chi connectivity index (χ0) is 22.0. The van der Waals surface area contributed by atoms with E-state index in [1.54, 1.807) is 16.7 Å². The van der Waals surface area contributed by atoms with Gasteiger partial charge in [0.25, 0.3) is 0 Å². The summed E-state index contributed by atoms with van der Waals surface area (Å²) in [6.45, 7) is 4.79. The van der Waals surface area contributed by atoms with E-state index in [0.29, 0.717) is 31.0 Å². The third-order valence-electron chi connectivity index (χ3n) is 7.54. The Labute approximate surface area is 180 Å². The van der Waals surface area contributed by atoms with Gasteiger partial charge in [0.2, 0.25) is 11.8 Å². The summed E-state index contributed by atoms with van der Waals surface area (Å²) in [5, 5.41) is 9.37. The lowest BCUT2D eigenvalue weighted by Crippen LogP contribution is -2.53. The summed E-state index contributed by atoms with van der Waals surface area (Å²) >= 11 is 0. The summed E-state index contributed by atoms with van der Waals surface area (Å²) in [7, 11) is 0. The van der Waals surface area contributed by atoms with Gasteiger partial charge in [0, 0.05) is 37.2 Å². The molecule has 1 saturated carbocycles. The van der Waals surface area contributed by atoms with Crippen molar-refractivity contribution in [3.63, 3.8) is 0 Å². The second-order valence-corrected chi connectivity index (χ2v) is 9.57. The van der Waals surface area contributed by atoms with E-state index in [1.807, 2.05) is 6.92 Å². The number of hydrogen-bond donors (Lipinski definition) is 0. The fraction of sp³-hybridized carbons (Fsp3) is 0.609. The van der Waals surface area contributed by atoms with Crippen molar-refractivity contribution in [3.05, 3.63) is 35.4 Å². The minimum Gasteiger partial charge on any atom is -0.330 e. The number of piperidine rings is 1. The molecular weight excluding hydrogens is 402 g/mol. The van der Waals surface area contributed by atoms with E-state index < -0.39 is 17.7 Å². The monoisotopic (exact) mass is 428 g/mol. The van der Waals surface area contributed by atoms with Crippen molar-refractivity contribution in [2.45, 2.75) is 63.3 Å². The minimum absolute atomic E-state index is 0.00670. The Bertz CT molecular complexity index is 959. The van der Waals surface area contributed by atoms with Crippen molar-refractivity contribution < 1.29 is 18.4 Å². The molecule has 1 aliphatic carbocycles. The van der Waals surface area contributed by atoms with Crippen LogP contribution in [0.5, 0.6) is 0 Å². The van der Waals surface area contributed by atoms with Crippen molar-refractivity contribution in [2.24, 2.45) is 11.8 Å². The van der Waals surface area contributed by atoms with Crippen LogP contribution in [0.15, 0.2) is 18.2 Å². The van der Waals surface area contributed by atoms with Crippen molar-refractivity contribution in [2.75, 3.05) is 13.1 Å². The number of carbonyl (C=O) groups excluding carboxylic acids is 2. The maximum absolute atomic E-state index is 13.6. The zero-order valence-corrected chi connectivity index (χ0v) is 17.7. The number of nitrogens with zero attached hydrogens (tertiary/aromatic N) is 4. The Hall–Kier alpha value is -2.53. The highest BCUT2D eigenvalue weighted by Crippen LogP contribution is 2.48. The Morgan fingerprint density at radius 3 is 2.55 bits per heavy atom. The molecule has 5 rings (SSSR count). The number of fused-ring (bicyclic) bond motifs is 3. The Morgan fingerprint density at radius 2 is 1.90 bits per heavy atom. The third-order valence-corrected chi connectivity index (χ3v) is 7.54. The molecule has 0 radical (unpaired) electrons. The Kier molecular flexibility index (Phi) is 4.78. The van der Waals surface area contributed by atoms with E-state index in [-0.39, 0.29) is 41.9 Å². The molecule has 0 N–H and O–H groups in total. The Morgan fingerprint density at radius 1 is 1.19 bits per heavy atom. The number of piperazine rings is 1. The van der Waals surface area contributed by atoms with Gasteiger partial charge in [-0.15, -0.1) is 0 Å². The van der Waals surface area contributed by atoms with Crippen molar-refractivity contribution in [1.82, 2.24) is 14.7 Å². The number of nitriles is 1. The van der Waals surface area contributed by atoms with Crippen LogP contribution in [0.3, 0.4) is 0 Å². The lowest BCUT2D eigenvalue weighted by molar-refractivity contribution is -0.142. The molecule has 1 aromatic rings. The molecule has 4 aliphatic rings. The molecule has 3 heterocycles. The molecule has 8 heteroatoms. The first-order chi connectivity index (χ1) is 14.8. The fourth-order valence-electron chi connectivity index (χ4n) is 5.95. The molecule has 2 unspecified atom stereocenters. The van der Waals surface area contributed by atoms with Gasteiger partial charge in [-0.25, -0.2) is 8.78 Å².